The van der Waals surface area contributed by atoms with E-state index in [-0.39, 0.29) is 42.5 Å². The zero-order chi connectivity index (χ0) is 41.2. The van der Waals surface area contributed by atoms with E-state index in [2.05, 4.69) is 41.6 Å². The molecule has 0 radical (unpaired) electrons. The summed E-state index contributed by atoms with van der Waals surface area (Å²) in [6, 6.07) is 19.7. The Morgan fingerprint density at radius 2 is 1.83 bits per heavy atom. The molecule has 8 rings (SSSR count). The first-order valence-electron chi connectivity index (χ1n) is 20.3. The van der Waals surface area contributed by atoms with Gasteiger partial charge < -0.3 is 34.7 Å². The number of rotatable bonds is 13. The number of β-amino-alcohol motifs (C(OH)–C–C–N with tert-alkyl or cyclic N) is 1. The van der Waals surface area contributed by atoms with E-state index < -0.39 is 18.1 Å². The third-order valence-corrected chi connectivity index (χ3v) is 12.6. The van der Waals surface area contributed by atoms with E-state index in [0.29, 0.717) is 42.0 Å². The number of H-pyrrole nitrogens is 1. The van der Waals surface area contributed by atoms with Crippen LogP contribution in [0.4, 0.5) is 0 Å². The number of hydrogen-bond donors (Lipinski definition) is 4. The number of thiazole rings is 1. The number of phenolic OH excluding ortho intramolecular Hbond substituents is 1. The van der Waals surface area contributed by atoms with Crippen molar-refractivity contribution >= 4 is 34.2 Å². The third-order valence-electron chi connectivity index (χ3n) is 11.6. The molecule has 6 aromatic rings. The van der Waals surface area contributed by atoms with Gasteiger partial charge in [0.1, 0.15) is 29.8 Å². The second kappa shape index (κ2) is 17.3. The number of piperidine rings is 1. The molecule has 14 nitrogen and oxygen atoms in total. The second-order valence-electron chi connectivity index (χ2n) is 16.0. The number of ether oxygens (including phenoxy) is 1. The Kier molecular flexibility index (Phi) is 11.8. The summed E-state index contributed by atoms with van der Waals surface area (Å²) in [5, 5.41) is 36.9. The Hall–Kier alpha value is -5.64. The summed E-state index contributed by atoms with van der Waals surface area (Å²) in [5.41, 5.74) is 8.92. The molecule has 0 spiro atoms. The molecule has 2 fully saturated rings. The predicted octanol–water partition coefficient (Wildman–Crippen LogP) is 6.59. The number of carbonyl (C=O) groups is 2. The Balaban J connectivity index is 0.831. The van der Waals surface area contributed by atoms with Gasteiger partial charge in [0.25, 0.3) is 5.88 Å². The number of nitrogens with one attached hydrogen (secondary N) is 2. The summed E-state index contributed by atoms with van der Waals surface area (Å²) < 4.78 is 11.7. The van der Waals surface area contributed by atoms with Crippen LogP contribution in [0.1, 0.15) is 80.6 Å². The molecule has 15 heteroatoms. The van der Waals surface area contributed by atoms with Gasteiger partial charge in [-0.2, -0.15) is 0 Å². The van der Waals surface area contributed by atoms with Crippen molar-refractivity contribution in [1.82, 2.24) is 40.4 Å². The number of benzene rings is 2. The Morgan fingerprint density at radius 1 is 1.05 bits per heavy atom. The third kappa shape index (κ3) is 8.73. The van der Waals surface area contributed by atoms with Crippen molar-refractivity contribution in [3.8, 4) is 33.3 Å². The van der Waals surface area contributed by atoms with Crippen molar-refractivity contribution in [3.63, 3.8) is 0 Å². The number of aryl methyl sites for hydroxylation is 1. The Morgan fingerprint density at radius 3 is 2.56 bits per heavy atom. The van der Waals surface area contributed by atoms with Crippen LogP contribution in [0.25, 0.3) is 32.7 Å². The maximum absolute atomic E-state index is 14.2. The number of aromatic nitrogens is 5. The van der Waals surface area contributed by atoms with Crippen LogP contribution < -0.4 is 10.1 Å². The van der Waals surface area contributed by atoms with E-state index in [1.54, 1.807) is 29.5 Å². The lowest BCUT2D eigenvalue weighted by atomic mass is 9.91. The fourth-order valence-corrected chi connectivity index (χ4v) is 9.15. The molecule has 6 heterocycles. The maximum Gasteiger partial charge on any atom is 0.254 e. The van der Waals surface area contributed by atoms with E-state index >= 15 is 0 Å². The topological polar surface area (TPSA) is 183 Å². The predicted molar refractivity (Wildman–Crippen MR) is 224 cm³/mol. The molecule has 0 saturated carbocycles. The lowest BCUT2D eigenvalue weighted by Gasteiger charge is -2.31. The van der Waals surface area contributed by atoms with Gasteiger partial charge in [-0.15, -0.1) is 21.5 Å². The summed E-state index contributed by atoms with van der Waals surface area (Å²) in [6.45, 7) is 10.7. The minimum Gasteiger partial charge on any atom is -0.507 e. The number of carbonyl (C=O) groups excluding carboxylic acids is 2. The fourth-order valence-electron chi connectivity index (χ4n) is 8.34. The molecule has 4 N–H and O–H groups in total. The van der Waals surface area contributed by atoms with Crippen molar-refractivity contribution in [2.75, 3.05) is 32.8 Å². The number of aliphatic hydroxyl groups is 1. The number of amides is 2. The van der Waals surface area contributed by atoms with Gasteiger partial charge in [-0.25, -0.2) is 4.98 Å². The van der Waals surface area contributed by atoms with E-state index in [0.717, 1.165) is 64.4 Å². The molecule has 0 aliphatic carbocycles. The van der Waals surface area contributed by atoms with Crippen LogP contribution in [0, 0.1) is 12.8 Å². The van der Waals surface area contributed by atoms with Crippen molar-refractivity contribution < 1.29 is 29.1 Å². The lowest BCUT2D eigenvalue weighted by Crippen LogP contribution is -2.48. The summed E-state index contributed by atoms with van der Waals surface area (Å²) in [7, 11) is 0. The number of fused-ring (bicyclic) bond motifs is 1. The van der Waals surface area contributed by atoms with E-state index in [4.69, 9.17) is 9.26 Å². The van der Waals surface area contributed by atoms with Gasteiger partial charge in [0.05, 0.1) is 39.4 Å². The number of phenols is 1. The molecule has 2 saturated heterocycles. The van der Waals surface area contributed by atoms with Crippen LogP contribution in [0.15, 0.2) is 76.8 Å². The maximum atomic E-state index is 14.2. The SMILES string of the molecule is Cc1ncsc1-c1ccc([C@H](C)NC(=O)[C@@H]2C[C@@H](O)CN2C(=O)[C@@H](c2cc(OCCN3CCC(c4cc5nnc(-c6ccccc6O)cc5[nH]4)CC3)no2)C(C)C)cc1. The highest BCUT2D eigenvalue weighted by Gasteiger charge is 2.43. The van der Waals surface area contributed by atoms with Crippen LogP contribution in [-0.2, 0) is 9.59 Å². The minimum absolute atomic E-state index is 0.0561. The summed E-state index contributed by atoms with van der Waals surface area (Å²) in [4.78, 5) is 40.7. The van der Waals surface area contributed by atoms with Gasteiger partial charge >= 0.3 is 0 Å². The zero-order valence-electron chi connectivity index (χ0n) is 33.7. The first kappa shape index (κ1) is 40.2. The number of para-hydroxylation sites is 1. The summed E-state index contributed by atoms with van der Waals surface area (Å²) in [6.07, 6.45) is 1.28. The largest absolute Gasteiger partial charge is 0.507 e. The van der Waals surface area contributed by atoms with Crippen LogP contribution in [0.2, 0.25) is 0 Å². The molecule has 2 aliphatic heterocycles. The molecule has 4 aromatic heterocycles. The summed E-state index contributed by atoms with van der Waals surface area (Å²) >= 11 is 1.59. The number of aromatic hydroxyl groups is 1. The fraction of sp³-hybridized carbons (Fsp3) is 0.409. The van der Waals surface area contributed by atoms with Gasteiger partial charge in [-0.3, -0.25) is 14.5 Å². The van der Waals surface area contributed by atoms with Crippen LogP contribution >= 0.6 is 11.3 Å². The average molecular weight is 819 g/mol. The number of hydrogen-bond acceptors (Lipinski definition) is 12. The Labute approximate surface area is 346 Å². The molecule has 2 amide bonds. The van der Waals surface area contributed by atoms with Crippen molar-refractivity contribution in [2.24, 2.45) is 5.92 Å². The van der Waals surface area contributed by atoms with Crippen LogP contribution in [0.5, 0.6) is 11.6 Å². The number of likely N-dealkylation sites (tertiary alicyclic amines) is 2. The lowest BCUT2D eigenvalue weighted by molar-refractivity contribution is -0.141. The van der Waals surface area contributed by atoms with Gasteiger partial charge in [0.2, 0.25) is 11.8 Å². The second-order valence-corrected chi connectivity index (χ2v) is 16.9. The van der Waals surface area contributed by atoms with E-state index in [1.807, 2.05) is 75.7 Å². The summed E-state index contributed by atoms with van der Waals surface area (Å²) in [5.74, 6) is -0.295. The molecular formula is C44H50N8O6S. The van der Waals surface area contributed by atoms with Crippen molar-refractivity contribution in [1.29, 1.82) is 0 Å². The van der Waals surface area contributed by atoms with Crippen LogP contribution in [-0.4, -0.2) is 102 Å². The highest BCUT2D eigenvalue weighted by Crippen LogP contribution is 2.35. The quantitative estimate of drug-likeness (QED) is 0.0987. The molecule has 0 unspecified atom stereocenters. The normalized spacial score (nSPS) is 18.7. The molecule has 2 aliphatic rings. The standard InChI is InChI=1S/C44H50N8O6S/c1-25(2)41(44(56)52-23-31(53)19-37(52)43(55)46-26(3)28-9-11-30(12-10-28)42-27(4)45-24-59-42)39-22-40(50-58-39)57-18-17-51-15-13-29(14-16-51)33-20-36-35(47-33)21-34(48-49-36)32-7-5-6-8-38(32)54/h5-12,20-22,24-26,29,31,37,41,47,53-54H,13-19,23H2,1-4H3,(H,46,55)/t26-,31+,37-,41+/m0/s1. The Bertz CT molecular complexity index is 2400. The van der Waals surface area contributed by atoms with Crippen molar-refractivity contribution in [3.05, 3.63) is 95.0 Å². The monoisotopic (exact) mass is 818 g/mol. The van der Waals surface area contributed by atoms with E-state index in [9.17, 15) is 19.8 Å². The molecule has 59 heavy (non-hydrogen) atoms. The zero-order valence-corrected chi connectivity index (χ0v) is 34.5. The average Bonchev–Trinajstić information content (AvgIpc) is 4.05. The first-order chi connectivity index (χ1) is 28.5. The van der Waals surface area contributed by atoms with Crippen LogP contribution in [0.3, 0.4) is 0 Å². The molecule has 308 valence electrons. The van der Waals surface area contributed by atoms with Gasteiger partial charge in [-0.05, 0) is 86.2 Å². The van der Waals surface area contributed by atoms with Gasteiger partial charge in [0.15, 0.2) is 5.76 Å². The molecule has 0 bridgehead atoms. The van der Waals surface area contributed by atoms with Gasteiger partial charge in [0, 0.05) is 42.8 Å². The molecule has 2 aromatic carbocycles. The number of nitrogens with zero attached hydrogens (tertiary/aromatic N) is 6. The van der Waals surface area contributed by atoms with E-state index in [1.165, 1.54) is 4.90 Å². The highest BCUT2D eigenvalue weighted by atomic mass is 32.1. The highest BCUT2D eigenvalue weighted by molar-refractivity contribution is 7.13. The minimum atomic E-state index is -0.823. The number of aliphatic hydroxyl groups excluding tert-OH is 1. The molecular weight excluding hydrogens is 769 g/mol. The number of aromatic amines is 1. The molecule has 4 atom stereocenters. The van der Waals surface area contributed by atoms with Gasteiger partial charge in [-0.1, -0.05) is 50.2 Å². The first-order valence-corrected chi connectivity index (χ1v) is 21.2. The van der Waals surface area contributed by atoms with Crippen molar-refractivity contribution in [2.45, 2.75) is 77.0 Å². The smallest absolute Gasteiger partial charge is 0.254 e.